The first kappa shape index (κ1) is 14.0. The summed E-state index contributed by atoms with van der Waals surface area (Å²) in [4.78, 5) is 16.0. The fraction of sp³-hybridized carbons (Fsp3) is 0.533. The van der Waals surface area contributed by atoms with Gasteiger partial charge in [-0.25, -0.2) is 0 Å². The van der Waals surface area contributed by atoms with Crippen LogP contribution in [0.4, 0.5) is 0 Å². The van der Waals surface area contributed by atoms with E-state index in [2.05, 4.69) is 17.0 Å². The number of carbonyl (C=O) groups is 1. The minimum absolute atomic E-state index is 0.174. The Morgan fingerprint density at radius 3 is 2.26 bits per heavy atom. The van der Waals surface area contributed by atoms with Crippen molar-refractivity contribution in [2.45, 2.75) is 26.0 Å². The normalized spacial score (nSPS) is 17.5. The quantitative estimate of drug-likeness (QED) is 0.887. The van der Waals surface area contributed by atoms with E-state index in [1.54, 1.807) is 18.7 Å². The second kappa shape index (κ2) is 5.72. The van der Waals surface area contributed by atoms with E-state index in [9.17, 15) is 9.90 Å². The Morgan fingerprint density at radius 1 is 1.16 bits per heavy atom. The van der Waals surface area contributed by atoms with E-state index in [1.807, 2.05) is 18.2 Å². The van der Waals surface area contributed by atoms with Gasteiger partial charge in [0, 0.05) is 32.7 Å². The van der Waals surface area contributed by atoms with Gasteiger partial charge in [0.15, 0.2) is 0 Å². The van der Waals surface area contributed by atoms with Gasteiger partial charge < -0.3 is 10.0 Å². The van der Waals surface area contributed by atoms with E-state index in [-0.39, 0.29) is 5.91 Å². The van der Waals surface area contributed by atoms with Crippen LogP contribution in [0.5, 0.6) is 0 Å². The number of hydrogen-bond donors (Lipinski definition) is 1. The van der Waals surface area contributed by atoms with Crippen LogP contribution in [-0.4, -0.2) is 52.6 Å². The second-order valence-electron chi connectivity index (χ2n) is 5.61. The zero-order chi connectivity index (χ0) is 13.9. The van der Waals surface area contributed by atoms with Gasteiger partial charge in [0.25, 0.3) is 5.91 Å². The highest BCUT2D eigenvalue weighted by Gasteiger charge is 2.31. The molecular weight excluding hydrogens is 240 g/mol. The first-order chi connectivity index (χ1) is 8.97. The molecule has 0 saturated carbocycles. The molecule has 1 heterocycles. The van der Waals surface area contributed by atoms with Gasteiger partial charge in [0.1, 0.15) is 5.60 Å². The minimum Gasteiger partial charge on any atom is -0.381 e. The predicted molar refractivity (Wildman–Crippen MR) is 74.6 cm³/mol. The smallest absolute Gasteiger partial charge is 0.254 e. The highest BCUT2D eigenvalue weighted by molar-refractivity contribution is 5.84. The van der Waals surface area contributed by atoms with Crippen LogP contribution < -0.4 is 0 Å². The molecule has 0 aromatic heterocycles. The van der Waals surface area contributed by atoms with Crippen molar-refractivity contribution in [3.8, 4) is 0 Å². The molecule has 2 rings (SSSR count). The lowest BCUT2D eigenvalue weighted by Gasteiger charge is -2.37. The molecule has 0 atom stereocenters. The summed E-state index contributed by atoms with van der Waals surface area (Å²) in [5.74, 6) is -0.174. The molecule has 0 unspecified atom stereocenters. The Bertz CT molecular complexity index is 418. The largest absolute Gasteiger partial charge is 0.381 e. The number of benzene rings is 1. The van der Waals surface area contributed by atoms with Crippen molar-refractivity contribution in [1.82, 2.24) is 9.80 Å². The first-order valence-electron chi connectivity index (χ1n) is 6.75. The Balaban J connectivity index is 1.85. The Labute approximate surface area is 114 Å². The molecule has 1 amide bonds. The highest BCUT2D eigenvalue weighted by atomic mass is 16.3. The molecule has 1 aromatic carbocycles. The molecule has 104 valence electrons. The summed E-state index contributed by atoms with van der Waals surface area (Å²) in [6.45, 7) is 7.11. The third kappa shape index (κ3) is 3.78. The van der Waals surface area contributed by atoms with Gasteiger partial charge in [0.05, 0.1) is 0 Å². The molecule has 1 aliphatic heterocycles. The third-order valence-electron chi connectivity index (χ3n) is 3.43. The van der Waals surface area contributed by atoms with E-state index >= 15 is 0 Å². The van der Waals surface area contributed by atoms with Crippen molar-refractivity contribution < 1.29 is 9.90 Å². The summed E-state index contributed by atoms with van der Waals surface area (Å²) in [6, 6.07) is 10.3. The van der Waals surface area contributed by atoms with Crippen LogP contribution in [0.2, 0.25) is 0 Å². The second-order valence-corrected chi connectivity index (χ2v) is 5.61. The number of hydrogen-bond acceptors (Lipinski definition) is 3. The van der Waals surface area contributed by atoms with Crippen LogP contribution in [0.3, 0.4) is 0 Å². The van der Waals surface area contributed by atoms with E-state index in [0.717, 1.165) is 19.6 Å². The Kier molecular flexibility index (Phi) is 4.22. The number of nitrogens with zero attached hydrogens (tertiary/aromatic N) is 2. The summed E-state index contributed by atoms with van der Waals surface area (Å²) in [5, 5.41) is 9.73. The maximum Gasteiger partial charge on any atom is 0.254 e. The van der Waals surface area contributed by atoms with Gasteiger partial charge in [-0.3, -0.25) is 9.69 Å². The van der Waals surface area contributed by atoms with Gasteiger partial charge in [-0.1, -0.05) is 30.3 Å². The molecule has 0 aliphatic carbocycles. The number of piperazine rings is 1. The number of aliphatic hydroxyl groups is 1. The van der Waals surface area contributed by atoms with Gasteiger partial charge in [0.2, 0.25) is 0 Å². The third-order valence-corrected chi connectivity index (χ3v) is 3.43. The monoisotopic (exact) mass is 262 g/mol. The molecule has 0 bridgehead atoms. The molecule has 19 heavy (non-hydrogen) atoms. The van der Waals surface area contributed by atoms with E-state index in [4.69, 9.17) is 0 Å². The molecule has 4 heteroatoms. The van der Waals surface area contributed by atoms with Crippen molar-refractivity contribution in [3.05, 3.63) is 35.9 Å². The van der Waals surface area contributed by atoms with E-state index in [0.29, 0.717) is 13.1 Å². The maximum atomic E-state index is 11.9. The number of rotatable bonds is 3. The predicted octanol–water partition coefficient (Wildman–Crippen LogP) is 1.10. The molecule has 0 radical (unpaired) electrons. The standard InChI is InChI=1S/C15H22N2O2/c1-15(2,19)14(18)17-10-8-16(9-11-17)12-13-6-4-3-5-7-13/h3-7,19H,8-12H2,1-2H3. The fourth-order valence-corrected chi connectivity index (χ4v) is 2.34. The van der Waals surface area contributed by atoms with Crippen LogP contribution in [0.1, 0.15) is 19.4 Å². The first-order valence-corrected chi connectivity index (χ1v) is 6.75. The lowest BCUT2D eigenvalue weighted by molar-refractivity contribution is -0.149. The molecule has 4 nitrogen and oxygen atoms in total. The summed E-state index contributed by atoms with van der Waals surface area (Å²) < 4.78 is 0. The van der Waals surface area contributed by atoms with Crippen LogP contribution >= 0.6 is 0 Å². The maximum absolute atomic E-state index is 11.9. The Hall–Kier alpha value is -1.39. The zero-order valence-electron chi connectivity index (χ0n) is 11.7. The lowest BCUT2D eigenvalue weighted by Crippen LogP contribution is -2.53. The van der Waals surface area contributed by atoms with Crippen LogP contribution in [0, 0.1) is 0 Å². The van der Waals surface area contributed by atoms with Gasteiger partial charge in [-0.15, -0.1) is 0 Å². The van der Waals surface area contributed by atoms with Crippen LogP contribution in [0.25, 0.3) is 0 Å². The summed E-state index contributed by atoms with van der Waals surface area (Å²) in [5.41, 5.74) is 0.0338. The fourth-order valence-electron chi connectivity index (χ4n) is 2.34. The molecule has 1 N–H and O–H groups in total. The Morgan fingerprint density at radius 2 is 1.74 bits per heavy atom. The van der Waals surface area contributed by atoms with Gasteiger partial charge in [-0.05, 0) is 19.4 Å². The highest BCUT2D eigenvalue weighted by Crippen LogP contribution is 2.12. The minimum atomic E-state index is -1.26. The SMILES string of the molecule is CC(C)(O)C(=O)N1CCN(Cc2ccccc2)CC1. The summed E-state index contributed by atoms with van der Waals surface area (Å²) in [6.07, 6.45) is 0. The molecule has 1 aliphatic rings. The van der Waals surface area contributed by atoms with Gasteiger partial charge in [-0.2, -0.15) is 0 Å². The zero-order valence-corrected chi connectivity index (χ0v) is 11.7. The van der Waals surface area contributed by atoms with E-state index < -0.39 is 5.60 Å². The molecule has 1 saturated heterocycles. The average Bonchev–Trinajstić information content (AvgIpc) is 2.39. The van der Waals surface area contributed by atoms with Crippen LogP contribution in [-0.2, 0) is 11.3 Å². The molecule has 0 spiro atoms. The van der Waals surface area contributed by atoms with Gasteiger partial charge >= 0.3 is 0 Å². The van der Waals surface area contributed by atoms with Crippen molar-refractivity contribution >= 4 is 5.91 Å². The summed E-state index contributed by atoms with van der Waals surface area (Å²) in [7, 11) is 0. The topological polar surface area (TPSA) is 43.8 Å². The lowest BCUT2D eigenvalue weighted by atomic mass is 10.1. The average molecular weight is 262 g/mol. The van der Waals surface area contributed by atoms with Crippen molar-refractivity contribution in [2.75, 3.05) is 26.2 Å². The van der Waals surface area contributed by atoms with Crippen molar-refractivity contribution in [3.63, 3.8) is 0 Å². The van der Waals surface area contributed by atoms with Crippen molar-refractivity contribution in [2.24, 2.45) is 0 Å². The van der Waals surface area contributed by atoms with Crippen molar-refractivity contribution in [1.29, 1.82) is 0 Å². The number of carbonyl (C=O) groups excluding carboxylic acids is 1. The van der Waals surface area contributed by atoms with E-state index in [1.165, 1.54) is 5.56 Å². The van der Waals surface area contributed by atoms with Crippen LogP contribution in [0.15, 0.2) is 30.3 Å². The molecule has 1 aromatic rings. The summed E-state index contributed by atoms with van der Waals surface area (Å²) >= 11 is 0. The molecular formula is C15H22N2O2. The molecule has 1 fully saturated rings. The number of amides is 1.